The molecule has 7 nitrogen and oxygen atoms in total. The van der Waals surface area contributed by atoms with Crippen LogP contribution in [0.4, 0.5) is 5.69 Å². The van der Waals surface area contributed by atoms with Crippen LogP contribution in [0, 0.1) is 16.0 Å². The van der Waals surface area contributed by atoms with Crippen molar-refractivity contribution in [2.75, 3.05) is 14.1 Å². The van der Waals surface area contributed by atoms with Gasteiger partial charge in [-0.3, -0.25) is 19.9 Å². The van der Waals surface area contributed by atoms with Gasteiger partial charge in [-0.2, -0.15) is 0 Å². The van der Waals surface area contributed by atoms with Crippen LogP contribution in [0.25, 0.3) is 0 Å². The highest BCUT2D eigenvalue weighted by atomic mass is 16.6. The van der Waals surface area contributed by atoms with Crippen molar-refractivity contribution >= 4 is 11.6 Å². The molecule has 1 aliphatic carbocycles. The van der Waals surface area contributed by atoms with E-state index in [1.165, 1.54) is 18.5 Å². The molecule has 0 aromatic carbocycles. The van der Waals surface area contributed by atoms with E-state index in [0.717, 1.165) is 25.7 Å². The normalized spacial score (nSPS) is 21.6. The van der Waals surface area contributed by atoms with E-state index in [4.69, 9.17) is 4.74 Å². The molecule has 1 amide bonds. The molecule has 2 rings (SSSR count). The van der Waals surface area contributed by atoms with Crippen molar-refractivity contribution in [2.45, 2.75) is 31.8 Å². The van der Waals surface area contributed by atoms with Crippen LogP contribution in [-0.4, -0.2) is 40.9 Å². The number of nitrogens with zero attached hydrogens (tertiary/aromatic N) is 3. The maximum Gasteiger partial charge on any atom is 0.329 e. The van der Waals surface area contributed by atoms with Gasteiger partial charge in [0.15, 0.2) is 0 Å². The molecule has 21 heavy (non-hydrogen) atoms. The average Bonchev–Trinajstić information content (AvgIpc) is 2.47. The van der Waals surface area contributed by atoms with Crippen LogP contribution in [0.15, 0.2) is 18.5 Å². The average molecular weight is 293 g/mol. The molecule has 0 radical (unpaired) electrons. The van der Waals surface area contributed by atoms with Crippen molar-refractivity contribution in [2.24, 2.45) is 5.92 Å². The summed E-state index contributed by atoms with van der Waals surface area (Å²) in [6.07, 6.45) is 5.53. The third-order valence-corrected chi connectivity index (χ3v) is 3.72. The van der Waals surface area contributed by atoms with Gasteiger partial charge in [0, 0.05) is 32.3 Å². The molecule has 114 valence electrons. The van der Waals surface area contributed by atoms with Crippen molar-refractivity contribution < 1.29 is 14.5 Å². The van der Waals surface area contributed by atoms with Gasteiger partial charge in [0.05, 0.1) is 11.0 Å². The smallest absolute Gasteiger partial charge is 0.329 e. The summed E-state index contributed by atoms with van der Waals surface area (Å²) in [6.45, 7) is 0. The van der Waals surface area contributed by atoms with Crippen LogP contribution in [0.1, 0.15) is 25.7 Å². The lowest BCUT2D eigenvalue weighted by Gasteiger charge is -2.29. The van der Waals surface area contributed by atoms with E-state index in [1.807, 2.05) is 0 Å². The number of pyridine rings is 1. The second-order valence-corrected chi connectivity index (χ2v) is 5.42. The predicted octanol–water partition coefficient (Wildman–Crippen LogP) is 2.02. The van der Waals surface area contributed by atoms with Gasteiger partial charge >= 0.3 is 5.69 Å². The molecule has 0 atom stereocenters. The molecule has 0 unspecified atom stereocenters. The number of hydrogen-bond donors (Lipinski definition) is 0. The predicted molar refractivity (Wildman–Crippen MR) is 76.0 cm³/mol. The van der Waals surface area contributed by atoms with Gasteiger partial charge in [0.25, 0.3) is 0 Å². The first kappa shape index (κ1) is 15.2. The summed E-state index contributed by atoms with van der Waals surface area (Å²) >= 11 is 0. The molecular formula is C14H19N3O4. The number of carbonyl (C=O) groups excluding carboxylic acids is 1. The first-order valence-electron chi connectivity index (χ1n) is 6.95. The topological polar surface area (TPSA) is 85.6 Å². The molecule has 0 N–H and O–H groups in total. The molecule has 1 aromatic heterocycles. The minimum absolute atomic E-state index is 0.0345. The minimum atomic E-state index is -0.496. The number of amides is 1. The Morgan fingerprint density at radius 3 is 2.62 bits per heavy atom. The summed E-state index contributed by atoms with van der Waals surface area (Å²) in [5, 5.41) is 10.9. The maximum atomic E-state index is 11.9. The molecular weight excluding hydrogens is 274 g/mol. The zero-order chi connectivity index (χ0) is 15.4. The Bertz CT molecular complexity index is 525. The molecule has 0 bridgehead atoms. The Morgan fingerprint density at radius 1 is 1.38 bits per heavy atom. The summed E-state index contributed by atoms with van der Waals surface area (Å²) in [7, 11) is 3.51. The quantitative estimate of drug-likeness (QED) is 0.626. The lowest BCUT2D eigenvalue weighted by Crippen LogP contribution is -2.34. The summed E-state index contributed by atoms with van der Waals surface area (Å²) in [5.74, 6) is 0.424. The van der Waals surface area contributed by atoms with Gasteiger partial charge in [-0.25, -0.2) is 0 Å². The van der Waals surface area contributed by atoms with Crippen LogP contribution < -0.4 is 4.74 Å². The van der Waals surface area contributed by atoms with Gasteiger partial charge < -0.3 is 9.64 Å². The zero-order valence-corrected chi connectivity index (χ0v) is 12.2. The van der Waals surface area contributed by atoms with Crippen molar-refractivity contribution in [1.82, 2.24) is 9.88 Å². The van der Waals surface area contributed by atoms with Gasteiger partial charge in [0.2, 0.25) is 11.7 Å². The van der Waals surface area contributed by atoms with Crippen molar-refractivity contribution in [1.29, 1.82) is 0 Å². The zero-order valence-electron chi connectivity index (χ0n) is 12.2. The third kappa shape index (κ3) is 3.68. The highest BCUT2D eigenvalue weighted by Gasteiger charge is 2.29. The van der Waals surface area contributed by atoms with Crippen molar-refractivity contribution in [3.63, 3.8) is 0 Å². The number of aromatic nitrogens is 1. The highest BCUT2D eigenvalue weighted by molar-refractivity contribution is 5.78. The standard InChI is InChI=1S/C14H19N3O4/c1-16(2)14(18)10-3-5-11(6-4-10)21-13-7-8-15-9-12(13)17(19)20/h7-11H,3-6H2,1-2H3. The molecule has 1 aromatic rings. The molecule has 0 saturated heterocycles. The van der Waals surface area contributed by atoms with E-state index in [1.54, 1.807) is 19.0 Å². The van der Waals surface area contributed by atoms with E-state index in [-0.39, 0.29) is 29.4 Å². The first-order valence-corrected chi connectivity index (χ1v) is 6.95. The minimum Gasteiger partial charge on any atom is -0.483 e. The molecule has 1 fully saturated rings. The van der Waals surface area contributed by atoms with E-state index in [9.17, 15) is 14.9 Å². The lowest BCUT2D eigenvalue weighted by molar-refractivity contribution is -0.386. The van der Waals surface area contributed by atoms with Crippen molar-refractivity contribution in [3.8, 4) is 5.75 Å². The Labute approximate surface area is 123 Å². The molecule has 0 aliphatic heterocycles. The first-order chi connectivity index (χ1) is 9.99. The maximum absolute atomic E-state index is 11.9. The van der Waals surface area contributed by atoms with Crippen LogP contribution >= 0.6 is 0 Å². The van der Waals surface area contributed by atoms with Gasteiger partial charge in [-0.1, -0.05) is 0 Å². The third-order valence-electron chi connectivity index (χ3n) is 3.72. The van der Waals surface area contributed by atoms with Crippen LogP contribution in [0.2, 0.25) is 0 Å². The number of ether oxygens (including phenoxy) is 1. The Hall–Kier alpha value is -2.18. The Morgan fingerprint density at radius 2 is 2.05 bits per heavy atom. The molecule has 1 saturated carbocycles. The van der Waals surface area contributed by atoms with E-state index >= 15 is 0 Å². The lowest BCUT2D eigenvalue weighted by atomic mass is 9.86. The number of carbonyl (C=O) groups is 1. The van der Waals surface area contributed by atoms with E-state index < -0.39 is 4.92 Å². The fraction of sp³-hybridized carbons (Fsp3) is 0.571. The molecule has 1 aliphatic rings. The summed E-state index contributed by atoms with van der Waals surface area (Å²) in [4.78, 5) is 27.7. The van der Waals surface area contributed by atoms with Crippen LogP contribution in [0.5, 0.6) is 5.75 Å². The summed E-state index contributed by atoms with van der Waals surface area (Å²) in [5.41, 5.74) is -0.121. The van der Waals surface area contributed by atoms with Gasteiger partial charge in [-0.05, 0) is 25.7 Å². The Kier molecular flexibility index (Phi) is 4.72. The fourth-order valence-electron chi connectivity index (χ4n) is 2.58. The van der Waals surface area contributed by atoms with Crippen LogP contribution in [-0.2, 0) is 4.79 Å². The molecule has 7 heteroatoms. The van der Waals surface area contributed by atoms with Crippen molar-refractivity contribution in [3.05, 3.63) is 28.6 Å². The number of nitro groups is 1. The summed E-state index contributed by atoms with van der Waals surface area (Å²) in [6, 6.07) is 1.51. The fourth-order valence-corrected chi connectivity index (χ4v) is 2.58. The second kappa shape index (κ2) is 6.51. The number of rotatable bonds is 4. The summed E-state index contributed by atoms with van der Waals surface area (Å²) < 4.78 is 5.73. The molecule has 0 spiro atoms. The second-order valence-electron chi connectivity index (χ2n) is 5.42. The van der Waals surface area contributed by atoms with E-state index in [0.29, 0.717) is 0 Å². The molecule has 1 heterocycles. The van der Waals surface area contributed by atoms with Gasteiger partial charge in [-0.15, -0.1) is 0 Å². The Balaban J connectivity index is 1.95. The van der Waals surface area contributed by atoms with E-state index in [2.05, 4.69) is 4.98 Å². The van der Waals surface area contributed by atoms with Gasteiger partial charge in [0.1, 0.15) is 6.20 Å². The SMILES string of the molecule is CN(C)C(=O)C1CCC(Oc2ccncc2[N+](=O)[O-])CC1. The highest BCUT2D eigenvalue weighted by Crippen LogP contribution is 2.32. The monoisotopic (exact) mass is 293 g/mol. The van der Waals surface area contributed by atoms with Crippen LogP contribution in [0.3, 0.4) is 0 Å². The number of hydrogen-bond acceptors (Lipinski definition) is 5. The largest absolute Gasteiger partial charge is 0.483 e.